The molecule has 2 heterocycles. The van der Waals surface area contributed by atoms with Crippen molar-refractivity contribution in [3.05, 3.63) is 36.0 Å². The molecule has 0 unspecified atom stereocenters. The molecule has 1 aliphatic heterocycles. The molecule has 4 nitrogen and oxygen atoms in total. The smallest absolute Gasteiger partial charge is 0.128 e. The number of nitrogens with zero attached hydrogens (tertiary/aromatic N) is 1. The molecule has 23 heavy (non-hydrogen) atoms. The van der Waals surface area contributed by atoms with Gasteiger partial charge in [-0.1, -0.05) is 12.1 Å². The first kappa shape index (κ1) is 14.8. The van der Waals surface area contributed by atoms with Gasteiger partial charge in [0, 0.05) is 36.2 Å². The molecule has 0 amide bonds. The number of morpholine rings is 1. The van der Waals surface area contributed by atoms with Crippen LogP contribution < -0.4 is 4.74 Å². The average molecular weight is 312 g/mol. The molecule has 1 N–H and O–H groups in total. The summed E-state index contributed by atoms with van der Waals surface area (Å²) in [4.78, 5) is 5.94. The zero-order chi connectivity index (χ0) is 15.5. The molecular weight excluding hydrogens is 288 g/mol. The van der Waals surface area contributed by atoms with Crippen LogP contribution in [0.1, 0.15) is 25.0 Å². The van der Waals surface area contributed by atoms with E-state index in [1.54, 1.807) is 0 Å². The zero-order valence-corrected chi connectivity index (χ0v) is 13.5. The van der Waals surface area contributed by atoms with Crippen molar-refractivity contribution >= 4 is 16.5 Å². The first-order valence-electron chi connectivity index (χ1n) is 8.64. The Morgan fingerprint density at radius 1 is 1.22 bits per heavy atom. The summed E-state index contributed by atoms with van der Waals surface area (Å²) < 4.78 is 11.5. The number of benzene rings is 1. The fourth-order valence-electron chi connectivity index (χ4n) is 3.45. The summed E-state index contributed by atoms with van der Waals surface area (Å²) in [6, 6.07) is 8.51. The molecule has 2 aromatic rings. The molecule has 2 aliphatic rings. The van der Waals surface area contributed by atoms with Gasteiger partial charge in [-0.3, -0.25) is 4.90 Å². The molecule has 1 fully saturated rings. The quantitative estimate of drug-likeness (QED) is 0.919. The molecule has 4 heteroatoms. The van der Waals surface area contributed by atoms with Gasteiger partial charge in [0.2, 0.25) is 0 Å². The third-order valence-corrected chi connectivity index (χ3v) is 4.78. The predicted molar refractivity (Wildman–Crippen MR) is 92.9 cm³/mol. The third kappa shape index (κ3) is 3.28. The molecule has 0 atom stereocenters. The highest BCUT2D eigenvalue weighted by Crippen LogP contribution is 2.32. The summed E-state index contributed by atoms with van der Waals surface area (Å²) in [7, 11) is 0. The van der Waals surface area contributed by atoms with E-state index in [9.17, 15) is 0 Å². The summed E-state index contributed by atoms with van der Waals surface area (Å²) in [5, 5.41) is 1.19. The summed E-state index contributed by atoms with van der Waals surface area (Å²) in [6.07, 6.45) is 6.00. The molecule has 1 aromatic carbocycles. The van der Waals surface area contributed by atoms with Gasteiger partial charge in [-0.05, 0) is 43.0 Å². The molecule has 1 aromatic heterocycles. The zero-order valence-electron chi connectivity index (χ0n) is 13.5. The van der Waals surface area contributed by atoms with Crippen LogP contribution in [0.5, 0.6) is 5.75 Å². The SMILES string of the molecule is C1=C(c2cc3c(OCCN4CCOCC4)cccc3[nH]2)CCC1. The molecule has 0 saturated carbocycles. The monoisotopic (exact) mass is 312 g/mol. The number of rotatable bonds is 5. The van der Waals surface area contributed by atoms with Gasteiger partial charge in [0.15, 0.2) is 0 Å². The van der Waals surface area contributed by atoms with Crippen LogP contribution in [0.2, 0.25) is 0 Å². The van der Waals surface area contributed by atoms with Gasteiger partial charge in [-0.2, -0.15) is 0 Å². The Hall–Kier alpha value is -1.78. The van der Waals surface area contributed by atoms with E-state index >= 15 is 0 Å². The van der Waals surface area contributed by atoms with Gasteiger partial charge in [-0.15, -0.1) is 0 Å². The second-order valence-corrected chi connectivity index (χ2v) is 6.32. The highest BCUT2D eigenvalue weighted by molar-refractivity contribution is 5.90. The number of ether oxygens (including phenoxy) is 2. The normalized spacial score (nSPS) is 19.2. The Bertz CT molecular complexity index is 698. The van der Waals surface area contributed by atoms with Gasteiger partial charge in [-0.25, -0.2) is 0 Å². The predicted octanol–water partition coefficient (Wildman–Crippen LogP) is 3.45. The first-order valence-corrected chi connectivity index (χ1v) is 8.64. The minimum absolute atomic E-state index is 0.725. The van der Waals surface area contributed by atoms with Crippen molar-refractivity contribution < 1.29 is 9.47 Å². The molecule has 4 rings (SSSR count). The number of hydrogen-bond acceptors (Lipinski definition) is 3. The Labute approximate surface area is 137 Å². The van der Waals surface area contributed by atoms with E-state index in [0.717, 1.165) is 50.7 Å². The fourth-order valence-corrected chi connectivity index (χ4v) is 3.45. The Morgan fingerprint density at radius 2 is 2.13 bits per heavy atom. The average Bonchev–Trinajstić information content (AvgIpc) is 3.25. The number of aromatic amines is 1. The number of hydrogen-bond donors (Lipinski definition) is 1. The topological polar surface area (TPSA) is 37.5 Å². The van der Waals surface area contributed by atoms with Crippen LogP contribution in [0, 0.1) is 0 Å². The summed E-state index contributed by atoms with van der Waals surface area (Å²) >= 11 is 0. The standard InChI is InChI=1S/C19H24N2O2/c1-2-5-15(4-1)18-14-16-17(20-18)6-3-7-19(16)23-13-10-21-8-11-22-12-9-21/h3-4,6-7,14,20H,1-2,5,8-13H2. The summed E-state index contributed by atoms with van der Waals surface area (Å²) in [5.41, 5.74) is 3.86. The summed E-state index contributed by atoms with van der Waals surface area (Å²) in [6.45, 7) is 5.38. The lowest BCUT2D eigenvalue weighted by atomic mass is 10.1. The van der Waals surface area contributed by atoms with Crippen molar-refractivity contribution in [1.82, 2.24) is 9.88 Å². The van der Waals surface area contributed by atoms with Crippen molar-refractivity contribution in [2.75, 3.05) is 39.5 Å². The second kappa shape index (κ2) is 6.77. The number of allylic oxidation sites excluding steroid dienone is 2. The van der Waals surface area contributed by atoms with Gasteiger partial charge in [0.05, 0.1) is 13.2 Å². The van der Waals surface area contributed by atoms with E-state index in [1.807, 2.05) is 0 Å². The maximum atomic E-state index is 6.08. The van der Waals surface area contributed by atoms with E-state index in [-0.39, 0.29) is 0 Å². The van der Waals surface area contributed by atoms with E-state index in [1.165, 1.54) is 35.9 Å². The van der Waals surface area contributed by atoms with Gasteiger partial charge in [0.25, 0.3) is 0 Å². The van der Waals surface area contributed by atoms with Gasteiger partial charge in [0.1, 0.15) is 12.4 Å². The molecule has 0 bridgehead atoms. The molecule has 122 valence electrons. The number of H-pyrrole nitrogens is 1. The minimum atomic E-state index is 0.725. The molecule has 0 radical (unpaired) electrons. The van der Waals surface area contributed by atoms with Crippen LogP contribution in [0.15, 0.2) is 30.3 Å². The number of nitrogens with one attached hydrogen (secondary N) is 1. The highest BCUT2D eigenvalue weighted by Gasteiger charge is 2.13. The van der Waals surface area contributed by atoms with Crippen LogP contribution in [-0.2, 0) is 4.74 Å². The lowest BCUT2D eigenvalue weighted by Gasteiger charge is -2.26. The van der Waals surface area contributed by atoms with Crippen LogP contribution in [0.4, 0.5) is 0 Å². The van der Waals surface area contributed by atoms with Gasteiger partial charge >= 0.3 is 0 Å². The van der Waals surface area contributed by atoms with E-state index < -0.39 is 0 Å². The van der Waals surface area contributed by atoms with E-state index in [0.29, 0.717) is 0 Å². The van der Waals surface area contributed by atoms with E-state index in [4.69, 9.17) is 9.47 Å². The first-order chi connectivity index (χ1) is 11.4. The number of fused-ring (bicyclic) bond motifs is 1. The maximum absolute atomic E-state index is 6.08. The highest BCUT2D eigenvalue weighted by atomic mass is 16.5. The molecule has 0 spiro atoms. The van der Waals surface area contributed by atoms with Crippen molar-refractivity contribution in [1.29, 1.82) is 0 Å². The van der Waals surface area contributed by atoms with Crippen molar-refractivity contribution in [3.8, 4) is 5.75 Å². The van der Waals surface area contributed by atoms with Crippen LogP contribution >= 0.6 is 0 Å². The Morgan fingerprint density at radius 3 is 2.96 bits per heavy atom. The lowest BCUT2D eigenvalue weighted by Crippen LogP contribution is -2.38. The van der Waals surface area contributed by atoms with Crippen molar-refractivity contribution in [2.45, 2.75) is 19.3 Å². The summed E-state index contributed by atoms with van der Waals surface area (Å²) in [5.74, 6) is 0.983. The molecule has 1 aliphatic carbocycles. The lowest BCUT2D eigenvalue weighted by molar-refractivity contribution is 0.0323. The Balaban J connectivity index is 1.46. The minimum Gasteiger partial charge on any atom is -0.492 e. The van der Waals surface area contributed by atoms with Crippen LogP contribution in [-0.4, -0.2) is 49.3 Å². The van der Waals surface area contributed by atoms with Crippen molar-refractivity contribution in [2.24, 2.45) is 0 Å². The Kier molecular flexibility index (Phi) is 4.35. The van der Waals surface area contributed by atoms with E-state index in [2.05, 4.69) is 40.2 Å². The molecule has 1 saturated heterocycles. The van der Waals surface area contributed by atoms with Crippen LogP contribution in [0.3, 0.4) is 0 Å². The van der Waals surface area contributed by atoms with Crippen molar-refractivity contribution in [3.63, 3.8) is 0 Å². The molecular formula is C19H24N2O2. The van der Waals surface area contributed by atoms with Crippen LogP contribution in [0.25, 0.3) is 16.5 Å². The number of aromatic nitrogens is 1. The third-order valence-electron chi connectivity index (χ3n) is 4.78. The van der Waals surface area contributed by atoms with Gasteiger partial charge < -0.3 is 14.5 Å². The maximum Gasteiger partial charge on any atom is 0.128 e. The fraction of sp³-hybridized carbons (Fsp3) is 0.474. The second-order valence-electron chi connectivity index (χ2n) is 6.32. The largest absolute Gasteiger partial charge is 0.492 e.